The van der Waals surface area contributed by atoms with Gasteiger partial charge in [0.05, 0.1) is 13.2 Å². The van der Waals surface area contributed by atoms with Crippen LogP contribution in [-0.4, -0.2) is 81.1 Å². The Morgan fingerprint density at radius 3 is 2.23 bits per heavy atom. The number of hydrogen-bond acceptors (Lipinski definition) is 3. The molecule has 1 aliphatic rings. The van der Waals surface area contributed by atoms with Crippen molar-refractivity contribution in [2.75, 3.05) is 53.0 Å². The Morgan fingerprint density at radius 2 is 1.68 bits per heavy atom. The highest BCUT2D eigenvalue weighted by molar-refractivity contribution is 4.87. The van der Waals surface area contributed by atoms with E-state index in [2.05, 4.69) is 4.90 Å². The molecule has 1 aliphatic heterocycles. The molecule has 0 amide bonds. The molecule has 1 heterocycles. The van der Waals surface area contributed by atoms with Crippen LogP contribution in [0.25, 0.3) is 0 Å². The van der Waals surface area contributed by atoms with E-state index in [4.69, 9.17) is 4.74 Å². The quantitative estimate of drug-likeness (QED) is 0.602. The van der Waals surface area contributed by atoms with Gasteiger partial charge in [0.1, 0.15) is 0 Å². The third-order valence-electron chi connectivity index (χ3n) is 3.69. The first kappa shape index (κ1) is 19.5. The van der Waals surface area contributed by atoms with Gasteiger partial charge in [-0.2, -0.15) is 17.6 Å². The molecule has 132 valence electrons. The maximum atomic E-state index is 13.1. The van der Waals surface area contributed by atoms with Crippen molar-refractivity contribution in [2.24, 2.45) is 0 Å². The molecule has 0 radical (unpaired) electrons. The van der Waals surface area contributed by atoms with Crippen LogP contribution in [0.15, 0.2) is 0 Å². The lowest BCUT2D eigenvalue weighted by atomic mass is 10.1. The average Bonchev–Trinajstić information content (AvgIpc) is 2.45. The Kier molecular flexibility index (Phi) is 7.40. The molecule has 3 nitrogen and oxygen atoms in total. The van der Waals surface area contributed by atoms with Gasteiger partial charge in [-0.3, -0.25) is 4.90 Å². The van der Waals surface area contributed by atoms with E-state index in [0.29, 0.717) is 19.8 Å². The fourth-order valence-corrected chi connectivity index (χ4v) is 2.15. The Bertz CT molecular complexity index is 324. The standard InChI is InChI=1S/C13H22F6N2O/c1-20(5-6-21-7-9-22-10-8-21)4-2-3-12(16,17)13(18,19)11(14)15/h11H,2-10H2,1H3. The van der Waals surface area contributed by atoms with Crippen LogP contribution in [0.3, 0.4) is 0 Å². The zero-order chi connectivity index (χ0) is 16.8. The van der Waals surface area contributed by atoms with Crippen LogP contribution in [0.2, 0.25) is 0 Å². The van der Waals surface area contributed by atoms with Gasteiger partial charge in [0.2, 0.25) is 0 Å². The number of hydrogen-bond donors (Lipinski definition) is 0. The second kappa shape index (κ2) is 8.35. The summed E-state index contributed by atoms with van der Waals surface area (Å²) < 4.78 is 80.8. The van der Waals surface area contributed by atoms with Crippen LogP contribution < -0.4 is 0 Å². The van der Waals surface area contributed by atoms with Gasteiger partial charge in [0.15, 0.2) is 0 Å². The minimum absolute atomic E-state index is 0.152. The minimum Gasteiger partial charge on any atom is -0.379 e. The van der Waals surface area contributed by atoms with E-state index in [9.17, 15) is 26.3 Å². The number of ether oxygens (including phenoxy) is 1. The van der Waals surface area contributed by atoms with Crippen molar-refractivity contribution >= 4 is 0 Å². The molecule has 0 aromatic heterocycles. The molecule has 0 saturated carbocycles. The number of nitrogens with zero attached hydrogens (tertiary/aromatic N) is 2. The van der Waals surface area contributed by atoms with Crippen molar-refractivity contribution in [1.29, 1.82) is 0 Å². The largest absolute Gasteiger partial charge is 0.379 e. The van der Waals surface area contributed by atoms with E-state index in [0.717, 1.165) is 19.6 Å². The lowest BCUT2D eigenvalue weighted by Crippen LogP contribution is -2.46. The first-order valence-electron chi connectivity index (χ1n) is 7.19. The second-order valence-corrected chi connectivity index (χ2v) is 5.49. The molecule has 1 saturated heterocycles. The molecular weight excluding hydrogens is 314 g/mol. The molecule has 0 aromatic rings. The van der Waals surface area contributed by atoms with Gasteiger partial charge in [-0.1, -0.05) is 0 Å². The van der Waals surface area contributed by atoms with Gasteiger partial charge in [0.25, 0.3) is 0 Å². The number of morpholine rings is 1. The van der Waals surface area contributed by atoms with Crippen LogP contribution in [0, 0.1) is 0 Å². The summed E-state index contributed by atoms with van der Waals surface area (Å²) >= 11 is 0. The van der Waals surface area contributed by atoms with Gasteiger partial charge in [-0.05, 0) is 20.0 Å². The van der Waals surface area contributed by atoms with Gasteiger partial charge < -0.3 is 9.64 Å². The van der Waals surface area contributed by atoms with Crippen LogP contribution in [0.5, 0.6) is 0 Å². The molecule has 0 aromatic carbocycles. The summed E-state index contributed by atoms with van der Waals surface area (Å²) in [4.78, 5) is 3.88. The number of rotatable bonds is 9. The molecule has 1 rings (SSSR count). The zero-order valence-corrected chi connectivity index (χ0v) is 12.5. The molecular formula is C13H22F6N2O. The van der Waals surface area contributed by atoms with E-state index in [1.54, 1.807) is 11.9 Å². The summed E-state index contributed by atoms with van der Waals surface area (Å²) in [7, 11) is 1.68. The second-order valence-electron chi connectivity index (χ2n) is 5.49. The molecule has 0 bridgehead atoms. The Hall–Kier alpha value is -0.540. The zero-order valence-electron chi connectivity index (χ0n) is 12.5. The first-order valence-corrected chi connectivity index (χ1v) is 7.19. The smallest absolute Gasteiger partial charge is 0.369 e. The monoisotopic (exact) mass is 336 g/mol. The van der Waals surface area contributed by atoms with Crippen molar-refractivity contribution in [1.82, 2.24) is 9.80 Å². The van der Waals surface area contributed by atoms with Crippen LogP contribution in [-0.2, 0) is 4.74 Å². The third-order valence-corrected chi connectivity index (χ3v) is 3.69. The summed E-state index contributed by atoms with van der Waals surface area (Å²) in [5, 5.41) is 0. The average molecular weight is 336 g/mol. The number of alkyl halides is 6. The maximum absolute atomic E-state index is 13.1. The fourth-order valence-electron chi connectivity index (χ4n) is 2.15. The van der Waals surface area contributed by atoms with Crippen molar-refractivity contribution in [3.63, 3.8) is 0 Å². The van der Waals surface area contributed by atoms with Gasteiger partial charge in [-0.15, -0.1) is 0 Å². The Morgan fingerprint density at radius 1 is 1.09 bits per heavy atom. The molecule has 0 atom stereocenters. The lowest BCUT2D eigenvalue weighted by molar-refractivity contribution is -0.266. The molecule has 9 heteroatoms. The van der Waals surface area contributed by atoms with Crippen LogP contribution in [0.4, 0.5) is 26.3 Å². The molecule has 0 unspecified atom stereocenters. The fraction of sp³-hybridized carbons (Fsp3) is 1.00. The number of likely N-dealkylation sites (N-methyl/N-ethyl adjacent to an activating group) is 1. The highest BCUT2D eigenvalue weighted by Crippen LogP contribution is 2.41. The Balaban J connectivity index is 2.24. The highest BCUT2D eigenvalue weighted by Gasteiger charge is 2.62. The summed E-state index contributed by atoms with van der Waals surface area (Å²) in [6, 6.07) is 0. The van der Waals surface area contributed by atoms with Gasteiger partial charge in [-0.25, -0.2) is 8.78 Å². The van der Waals surface area contributed by atoms with E-state index in [1.807, 2.05) is 0 Å². The van der Waals surface area contributed by atoms with Crippen molar-refractivity contribution in [3.05, 3.63) is 0 Å². The van der Waals surface area contributed by atoms with Gasteiger partial charge >= 0.3 is 18.3 Å². The van der Waals surface area contributed by atoms with Crippen LogP contribution in [0.1, 0.15) is 12.8 Å². The predicted octanol–water partition coefficient (Wildman–Crippen LogP) is 2.57. The topological polar surface area (TPSA) is 15.7 Å². The van der Waals surface area contributed by atoms with E-state index in [-0.39, 0.29) is 13.0 Å². The predicted molar refractivity (Wildman–Crippen MR) is 69.9 cm³/mol. The highest BCUT2D eigenvalue weighted by atomic mass is 19.3. The molecule has 0 spiro atoms. The van der Waals surface area contributed by atoms with E-state index in [1.165, 1.54) is 0 Å². The summed E-state index contributed by atoms with van der Waals surface area (Å²) in [5.41, 5.74) is 0. The summed E-state index contributed by atoms with van der Waals surface area (Å²) in [6.07, 6.45) is -5.89. The SMILES string of the molecule is CN(CCCC(F)(F)C(F)(F)C(F)F)CCN1CCOCC1. The normalized spacial score (nSPS) is 18.4. The van der Waals surface area contributed by atoms with E-state index < -0.39 is 24.7 Å². The molecule has 22 heavy (non-hydrogen) atoms. The number of halogens is 6. The van der Waals surface area contributed by atoms with Crippen LogP contribution >= 0.6 is 0 Å². The molecule has 0 N–H and O–H groups in total. The van der Waals surface area contributed by atoms with Crippen molar-refractivity contribution < 1.29 is 31.1 Å². The minimum atomic E-state index is -5.28. The first-order chi connectivity index (χ1) is 10.2. The third kappa shape index (κ3) is 5.58. The summed E-state index contributed by atoms with van der Waals surface area (Å²) in [6.45, 7) is 4.37. The van der Waals surface area contributed by atoms with Gasteiger partial charge in [0, 0.05) is 32.6 Å². The van der Waals surface area contributed by atoms with Crippen molar-refractivity contribution in [2.45, 2.75) is 31.1 Å². The van der Waals surface area contributed by atoms with E-state index >= 15 is 0 Å². The molecule has 1 fully saturated rings. The lowest BCUT2D eigenvalue weighted by Gasteiger charge is -2.29. The summed E-state index contributed by atoms with van der Waals surface area (Å²) in [5.74, 6) is -9.97. The maximum Gasteiger partial charge on any atom is 0.369 e. The molecule has 0 aliphatic carbocycles. The van der Waals surface area contributed by atoms with Crippen molar-refractivity contribution in [3.8, 4) is 0 Å². The Labute approximate surface area is 126 Å².